The maximum absolute atomic E-state index is 13.0. The Labute approximate surface area is 259 Å². The number of pyridine rings is 2. The molecule has 0 radical (unpaired) electrons. The van der Waals surface area contributed by atoms with Gasteiger partial charge in [0, 0.05) is 56.3 Å². The van der Waals surface area contributed by atoms with Crippen molar-refractivity contribution in [1.82, 2.24) is 39.3 Å². The van der Waals surface area contributed by atoms with E-state index in [-0.39, 0.29) is 11.9 Å². The fourth-order valence-corrected chi connectivity index (χ4v) is 5.98. The minimum absolute atomic E-state index is 0.0355. The second-order valence-electron chi connectivity index (χ2n) is 11.5. The number of nitrogens with zero attached hydrogens (tertiary/aromatic N) is 9. The van der Waals surface area contributed by atoms with Crippen LogP contribution in [0.1, 0.15) is 12.0 Å². The Hall–Kier alpha value is -5.30. The van der Waals surface area contributed by atoms with Gasteiger partial charge in [-0.3, -0.25) is 9.69 Å². The molecule has 5 aromatic rings. The number of hydrogen-bond donors (Lipinski definition) is 1. The van der Waals surface area contributed by atoms with E-state index in [9.17, 15) is 4.79 Å². The highest BCUT2D eigenvalue weighted by Crippen LogP contribution is 2.36. The molecular weight excluding hydrogens is 572 g/mol. The van der Waals surface area contributed by atoms with E-state index in [1.54, 1.807) is 10.6 Å². The second-order valence-corrected chi connectivity index (χ2v) is 11.5. The van der Waals surface area contributed by atoms with Crippen molar-refractivity contribution in [3.8, 4) is 17.2 Å². The summed E-state index contributed by atoms with van der Waals surface area (Å²) in [4.78, 5) is 37.7. The Morgan fingerprint density at radius 3 is 2.89 bits per heavy atom. The number of aromatic nitrogens is 6. The minimum atomic E-state index is -0.0668. The summed E-state index contributed by atoms with van der Waals surface area (Å²) in [7, 11) is 0. The third-order valence-electron chi connectivity index (χ3n) is 8.54. The lowest BCUT2D eigenvalue weighted by Gasteiger charge is -2.39. The van der Waals surface area contributed by atoms with Crippen LogP contribution in [0.3, 0.4) is 0 Å². The number of carbonyl (C=O) groups excluding carboxylic acids is 1. The zero-order valence-electron chi connectivity index (χ0n) is 24.8. The summed E-state index contributed by atoms with van der Waals surface area (Å²) in [6, 6.07) is 11.4. The molecule has 4 aromatic heterocycles. The molecular formula is C32H32N10O3. The summed E-state index contributed by atoms with van der Waals surface area (Å²) in [5.74, 6) is 3.45. The molecule has 2 bridgehead atoms. The van der Waals surface area contributed by atoms with Crippen molar-refractivity contribution >= 4 is 39.9 Å². The van der Waals surface area contributed by atoms with E-state index in [0.717, 1.165) is 42.5 Å². The van der Waals surface area contributed by atoms with Crippen LogP contribution in [0.5, 0.6) is 17.2 Å². The first kappa shape index (κ1) is 27.3. The molecule has 13 heteroatoms. The van der Waals surface area contributed by atoms with Crippen molar-refractivity contribution in [3.63, 3.8) is 0 Å². The van der Waals surface area contributed by atoms with Crippen LogP contribution in [0.15, 0.2) is 67.4 Å². The van der Waals surface area contributed by atoms with Crippen molar-refractivity contribution < 1.29 is 14.3 Å². The average Bonchev–Trinajstić information content (AvgIpc) is 3.45. The molecule has 0 aliphatic carbocycles. The van der Waals surface area contributed by atoms with Gasteiger partial charge >= 0.3 is 0 Å². The van der Waals surface area contributed by atoms with Crippen LogP contribution in [0, 0.1) is 6.92 Å². The molecule has 228 valence electrons. The van der Waals surface area contributed by atoms with Gasteiger partial charge in [0.2, 0.25) is 5.91 Å². The molecule has 1 N–H and O–H groups in total. The summed E-state index contributed by atoms with van der Waals surface area (Å²) in [6.45, 7) is 7.36. The number of ether oxygens (including phenoxy) is 2. The van der Waals surface area contributed by atoms with Crippen molar-refractivity contribution in [2.45, 2.75) is 19.4 Å². The van der Waals surface area contributed by atoms with Crippen LogP contribution in [0.4, 0.5) is 17.3 Å². The van der Waals surface area contributed by atoms with Gasteiger partial charge < -0.3 is 24.6 Å². The molecule has 0 saturated carbocycles. The third kappa shape index (κ3) is 5.35. The molecule has 1 amide bonds. The van der Waals surface area contributed by atoms with Gasteiger partial charge in [0.25, 0.3) is 0 Å². The first-order valence-electron chi connectivity index (χ1n) is 15.2. The van der Waals surface area contributed by atoms with Gasteiger partial charge in [-0.15, -0.1) is 0 Å². The normalized spacial score (nSPS) is 18.0. The van der Waals surface area contributed by atoms with Crippen LogP contribution in [-0.4, -0.2) is 97.2 Å². The molecule has 2 saturated heterocycles. The SMILES string of the molecule is Cc1cc(Nc2ncnc3cc4c(nc23)N2CCN(C(=O)/C=C/CN3CCC3)C(CO4)C2)ccc1Oc1ccn2ncnc2c1. The number of nitrogens with one attached hydrogen (secondary N) is 1. The van der Waals surface area contributed by atoms with E-state index in [1.807, 2.05) is 60.5 Å². The maximum atomic E-state index is 13.0. The molecule has 3 aliphatic heterocycles. The number of amides is 1. The number of likely N-dealkylation sites (tertiary alicyclic amines) is 1. The summed E-state index contributed by atoms with van der Waals surface area (Å²) in [5, 5.41) is 7.55. The number of piperazine rings is 1. The smallest absolute Gasteiger partial charge is 0.246 e. The lowest BCUT2D eigenvalue weighted by Crippen LogP contribution is -2.56. The molecule has 1 atom stereocenters. The van der Waals surface area contributed by atoms with Crippen LogP contribution in [0.2, 0.25) is 0 Å². The molecule has 8 rings (SSSR count). The lowest BCUT2D eigenvalue weighted by molar-refractivity contribution is -0.129. The van der Waals surface area contributed by atoms with Crippen molar-refractivity contribution in [2.75, 3.05) is 56.1 Å². The lowest BCUT2D eigenvalue weighted by atomic mass is 10.1. The summed E-state index contributed by atoms with van der Waals surface area (Å²) in [6.07, 6.45) is 9.77. The highest BCUT2D eigenvalue weighted by atomic mass is 16.5. The van der Waals surface area contributed by atoms with Gasteiger partial charge in [-0.05, 0) is 56.3 Å². The Morgan fingerprint density at radius 2 is 2.02 bits per heavy atom. The first-order valence-corrected chi connectivity index (χ1v) is 15.2. The van der Waals surface area contributed by atoms with Crippen molar-refractivity contribution in [3.05, 3.63) is 73.0 Å². The van der Waals surface area contributed by atoms with E-state index < -0.39 is 0 Å². The van der Waals surface area contributed by atoms with Crippen LogP contribution < -0.4 is 19.7 Å². The number of hydrogen-bond acceptors (Lipinski definition) is 11. The zero-order valence-corrected chi connectivity index (χ0v) is 24.8. The van der Waals surface area contributed by atoms with E-state index >= 15 is 0 Å². The number of aryl methyl sites for hydroxylation is 1. The van der Waals surface area contributed by atoms with Gasteiger partial charge in [-0.2, -0.15) is 5.10 Å². The second kappa shape index (κ2) is 11.3. The topological polar surface area (TPSA) is 126 Å². The summed E-state index contributed by atoms with van der Waals surface area (Å²) < 4.78 is 14.1. The third-order valence-corrected chi connectivity index (χ3v) is 8.54. The first-order chi connectivity index (χ1) is 22.1. The van der Waals surface area contributed by atoms with Gasteiger partial charge in [-0.1, -0.05) is 6.08 Å². The standard InChI is InChI=1S/C32H32N10O3/c1-21-14-22(5-6-26(21)45-24-7-11-42-28(15-24)34-20-36-42)37-31-30-25(33-19-35-31)16-27-32(38-30)40-12-13-41(23(17-40)18-44-27)29(43)4-2-8-39-9-3-10-39/h2,4-7,11,14-16,19-20,23H,3,8-10,12-13,17-18H2,1H3,(H,33,35,37)/b4-2+. The van der Waals surface area contributed by atoms with Crippen molar-refractivity contribution in [2.24, 2.45) is 0 Å². The van der Waals surface area contributed by atoms with Gasteiger partial charge in [-0.25, -0.2) is 24.5 Å². The molecule has 0 spiro atoms. The van der Waals surface area contributed by atoms with Gasteiger partial charge in [0.1, 0.15) is 36.3 Å². The summed E-state index contributed by atoms with van der Waals surface area (Å²) >= 11 is 0. The number of rotatable bonds is 7. The molecule has 2 fully saturated rings. The average molecular weight is 605 g/mol. The van der Waals surface area contributed by atoms with E-state index in [0.29, 0.717) is 60.2 Å². The Kier molecular flexibility index (Phi) is 6.86. The van der Waals surface area contributed by atoms with Crippen LogP contribution in [0.25, 0.3) is 16.7 Å². The predicted octanol–water partition coefficient (Wildman–Crippen LogP) is 3.58. The monoisotopic (exact) mass is 604 g/mol. The maximum Gasteiger partial charge on any atom is 0.246 e. The largest absolute Gasteiger partial charge is 0.487 e. The molecule has 1 aromatic carbocycles. The number of benzene rings is 1. The number of carbonyl (C=O) groups is 1. The van der Waals surface area contributed by atoms with Crippen LogP contribution >= 0.6 is 0 Å². The van der Waals surface area contributed by atoms with Crippen LogP contribution in [-0.2, 0) is 4.79 Å². The zero-order chi connectivity index (χ0) is 30.3. The van der Waals surface area contributed by atoms with Gasteiger partial charge in [0.05, 0.1) is 11.6 Å². The number of fused-ring (bicyclic) bond motifs is 6. The number of anilines is 3. The van der Waals surface area contributed by atoms with Crippen molar-refractivity contribution in [1.29, 1.82) is 0 Å². The molecule has 1 unspecified atom stereocenters. The quantitative estimate of drug-likeness (QED) is 0.274. The fourth-order valence-electron chi connectivity index (χ4n) is 5.98. The summed E-state index contributed by atoms with van der Waals surface area (Å²) in [5.41, 5.74) is 3.82. The minimum Gasteiger partial charge on any atom is -0.487 e. The Bertz CT molecular complexity index is 1940. The molecule has 13 nitrogen and oxygen atoms in total. The van der Waals surface area contributed by atoms with Gasteiger partial charge in [0.15, 0.2) is 23.0 Å². The van der Waals surface area contributed by atoms with E-state index in [4.69, 9.17) is 14.5 Å². The Balaban J connectivity index is 0.997. The fraction of sp³-hybridized carbons (Fsp3) is 0.312. The highest BCUT2D eigenvalue weighted by molar-refractivity contribution is 5.90. The molecule has 45 heavy (non-hydrogen) atoms. The Morgan fingerprint density at radius 1 is 1.09 bits per heavy atom. The van der Waals surface area contributed by atoms with E-state index in [2.05, 4.69) is 35.2 Å². The molecule has 3 aliphatic rings. The predicted molar refractivity (Wildman–Crippen MR) is 168 cm³/mol. The highest BCUT2D eigenvalue weighted by Gasteiger charge is 2.35. The van der Waals surface area contributed by atoms with E-state index in [1.165, 1.54) is 19.1 Å². The molecule has 7 heterocycles.